The number of carbonyl (C=O) groups excluding carboxylic acids is 1. The summed E-state index contributed by atoms with van der Waals surface area (Å²) in [5, 5.41) is 11.6. The van der Waals surface area contributed by atoms with E-state index in [-0.39, 0.29) is 30.5 Å². The lowest BCUT2D eigenvalue weighted by molar-refractivity contribution is -0.127. The molecule has 4 heteroatoms. The molecule has 3 atom stereocenters. The van der Waals surface area contributed by atoms with Gasteiger partial charge in [0.2, 0.25) is 5.91 Å². The number of aliphatic hydroxyl groups excluding tert-OH is 1. The number of nitrogens with one attached hydrogen (secondary N) is 1. The summed E-state index contributed by atoms with van der Waals surface area (Å²) in [5.74, 6) is -0.0588. The molecule has 2 unspecified atom stereocenters. The average molecular weight is 200 g/mol. The smallest absolute Gasteiger partial charge is 0.224 e. The number of rotatable bonds is 3. The molecule has 1 saturated carbocycles. The SMILES string of the molecule is C[C@@H](CO)NC(=O)C1CCCCC1N. The summed E-state index contributed by atoms with van der Waals surface area (Å²) < 4.78 is 0. The third-order valence-electron chi connectivity index (χ3n) is 2.82. The molecule has 1 amide bonds. The van der Waals surface area contributed by atoms with Gasteiger partial charge in [0, 0.05) is 12.1 Å². The van der Waals surface area contributed by atoms with Crippen molar-refractivity contribution < 1.29 is 9.90 Å². The van der Waals surface area contributed by atoms with Crippen LogP contribution in [0.15, 0.2) is 0 Å². The second-order valence-electron chi connectivity index (χ2n) is 4.15. The van der Waals surface area contributed by atoms with Crippen LogP contribution >= 0.6 is 0 Å². The lowest BCUT2D eigenvalue weighted by Crippen LogP contribution is -2.47. The molecule has 14 heavy (non-hydrogen) atoms. The monoisotopic (exact) mass is 200 g/mol. The maximum absolute atomic E-state index is 11.7. The van der Waals surface area contributed by atoms with Crippen molar-refractivity contribution in [1.82, 2.24) is 5.32 Å². The third kappa shape index (κ3) is 2.96. The van der Waals surface area contributed by atoms with E-state index in [0.717, 1.165) is 25.7 Å². The predicted molar refractivity (Wildman–Crippen MR) is 54.6 cm³/mol. The molecule has 0 radical (unpaired) electrons. The summed E-state index contributed by atoms with van der Waals surface area (Å²) >= 11 is 0. The van der Waals surface area contributed by atoms with E-state index >= 15 is 0 Å². The first-order chi connectivity index (χ1) is 6.65. The van der Waals surface area contributed by atoms with Gasteiger partial charge in [0.05, 0.1) is 12.5 Å². The van der Waals surface area contributed by atoms with Crippen LogP contribution in [0.4, 0.5) is 0 Å². The van der Waals surface area contributed by atoms with Crippen molar-refractivity contribution in [3.63, 3.8) is 0 Å². The van der Waals surface area contributed by atoms with E-state index in [9.17, 15) is 4.79 Å². The fourth-order valence-electron chi connectivity index (χ4n) is 1.88. The number of hydrogen-bond acceptors (Lipinski definition) is 3. The minimum Gasteiger partial charge on any atom is -0.394 e. The molecule has 0 spiro atoms. The average Bonchev–Trinajstić information content (AvgIpc) is 2.18. The molecule has 1 rings (SSSR count). The van der Waals surface area contributed by atoms with Crippen molar-refractivity contribution in [2.75, 3.05) is 6.61 Å². The van der Waals surface area contributed by atoms with Gasteiger partial charge in [-0.05, 0) is 19.8 Å². The Morgan fingerprint density at radius 1 is 1.57 bits per heavy atom. The minimum atomic E-state index is -0.170. The summed E-state index contributed by atoms with van der Waals surface area (Å²) in [6.07, 6.45) is 4.02. The van der Waals surface area contributed by atoms with E-state index in [2.05, 4.69) is 5.32 Å². The second-order valence-corrected chi connectivity index (χ2v) is 4.15. The molecule has 0 bridgehead atoms. The summed E-state index contributed by atoms with van der Waals surface area (Å²) in [5.41, 5.74) is 5.87. The quantitative estimate of drug-likeness (QED) is 0.600. The molecule has 0 aromatic rings. The molecule has 82 valence electrons. The zero-order valence-electron chi connectivity index (χ0n) is 8.70. The fourth-order valence-corrected chi connectivity index (χ4v) is 1.88. The van der Waals surface area contributed by atoms with Crippen LogP contribution in [0.1, 0.15) is 32.6 Å². The van der Waals surface area contributed by atoms with Crippen LogP contribution in [0.25, 0.3) is 0 Å². The van der Waals surface area contributed by atoms with Gasteiger partial charge < -0.3 is 16.2 Å². The van der Waals surface area contributed by atoms with Gasteiger partial charge >= 0.3 is 0 Å². The lowest BCUT2D eigenvalue weighted by Gasteiger charge is -2.28. The Bertz CT molecular complexity index is 197. The minimum absolute atomic E-state index is 0.00116. The summed E-state index contributed by atoms with van der Waals surface area (Å²) in [7, 11) is 0. The predicted octanol–water partition coefficient (Wildman–Crippen LogP) is 0.000900. The Morgan fingerprint density at radius 2 is 2.21 bits per heavy atom. The molecule has 0 aromatic heterocycles. The van der Waals surface area contributed by atoms with Gasteiger partial charge in [-0.25, -0.2) is 0 Å². The molecule has 0 saturated heterocycles. The van der Waals surface area contributed by atoms with Crippen LogP contribution in [0, 0.1) is 5.92 Å². The van der Waals surface area contributed by atoms with E-state index < -0.39 is 0 Å². The van der Waals surface area contributed by atoms with Gasteiger partial charge in [-0.2, -0.15) is 0 Å². The Balaban J connectivity index is 2.42. The zero-order valence-corrected chi connectivity index (χ0v) is 8.70. The van der Waals surface area contributed by atoms with Gasteiger partial charge in [-0.1, -0.05) is 12.8 Å². The van der Waals surface area contributed by atoms with E-state index in [1.807, 2.05) is 0 Å². The molecule has 4 nitrogen and oxygen atoms in total. The van der Waals surface area contributed by atoms with Crippen LogP contribution in [-0.4, -0.2) is 29.7 Å². The number of amides is 1. The van der Waals surface area contributed by atoms with Crippen LogP contribution < -0.4 is 11.1 Å². The molecule has 0 aliphatic heterocycles. The maximum atomic E-state index is 11.7. The van der Waals surface area contributed by atoms with Crippen molar-refractivity contribution >= 4 is 5.91 Å². The van der Waals surface area contributed by atoms with E-state index in [1.165, 1.54) is 0 Å². The molecule has 0 heterocycles. The Labute approximate surface area is 84.9 Å². The van der Waals surface area contributed by atoms with Crippen LogP contribution in [0.3, 0.4) is 0 Å². The van der Waals surface area contributed by atoms with Gasteiger partial charge in [0.15, 0.2) is 0 Å². The number of aliphatic hydroxyl groups is 1. The highest BCUT2D eigenvalue weighted by Gasteiger charge is 2.28. The van der Waals surface area contributed by atoms with E-state index in [0.29, 0.717) is 0 Å². The standard InChI is InChI=1S/C10H20N2O2/c1-7(6-13)12-10(14)8-4-2-3-5-9(8)11/h7-9,13H,2-6,11H2,1H3,(H,12,14)/t7-,8?,9?/m0/s1. The molecule has 1 fully saturated rings. The molecular formula is C10H20N2O2. The topological polar surface area (TPSA) is 75.3 Å². The molecular weight excluding hydrogens is 180 g/mol. The van der Waals surface area contributed by atoms with E-state index in [1.54, 1.807) is 6.92 Å². The van der Waals surface area contributed by atoms with Crippen molar-refractivity contribution in [3.05, 3.63) is 0 Å². The molecule has 4 N–H and O–H groups in total. The maximum Gasteiger partial charge on any atom is 0.224 e. The number of carbonyl (C=O) groups is 1. The van der Waals surface area contributed by atoms with Crippen molar-refractivity contribution in [3.8, 4) is 0 Å². The number of hydrogen-bond donors (Lipinski definition) is 3. The highest BCUT2D eigenvalue weighted by molar-refractivity contribution is 5.79. The fraction of sp³-hybridized carbons (Fsp3) is 0.900. The first-order valence-corrected chi connectivity index (χ1v) is 5.32. The largest absolute Gasteiger partial charge is 0.394 e. The summed E-state index contributed by atoms with van der Waals surface area (Å²) in [6.45, 7) is 1.76. The molecule has 0 aromatic carbocycles. The van der Waals surface area contributed by atoms with Crippen molar-refractivity contribution in [2.45, 2.75) is 44.7 Å². The van der Waals surface area contributed by atoms with Gasteiger partial charge in [-0.15, -0.1) is 0 Å². The summed E-state index contributed by atoms with van der Waals surface area (Å²) in [6, 6.07) is -0.175. The first-order valence-electron chi connectivity index (χ1n) is 5.32. The van der Waals surface area contributed by atoms with Crippen LogP contribution in [-0.2, 0) is 4.79 Å². The second kappa shape index (κ2) is 5.32. The lowest BCUT2D eigenvalue weighted by atomic mass is 9.84. The van der Waals surface area contributed by atoms with Crippen molar-refractivity contribution in [1.29, 1.82) is 0 Å². The highest BCUT2D eigenvalue weighted by Crippen LogP contribution is 2.22. The third-order valence-corrected chi connectivity index (χ3v) is 2.82. The van der Waals surface area contributed by atoms with Gasteiger partial charge in [-0.3, -0.25) is 4.79 Å². The molecule has 1 aliphatic rings. The first kappa shape index (κ1) is 11.5. The van der Waals surface area contributed by atoms with Crippen LogP contribution in [0.2, 0.25) is 0 Å². The van der Waals surface area contributed by atoms with Gasteiger partial charge in [0.1, 0.15) is 0 Å². The van der Waals surface area contributed by atoms with Crippen molar-refractivity contribution in [2.24, 2.45) is 11.7 Å². The zero-order chi connectivity index (χ0) is 10.6. The van der Waals surface area contributed by atoms with Gasteiger partial charge in [0.25, 0.3) is 0 Å². The van der Waals surface area contributed by atoms with E-state index in [4.69, 9.17) is 10.8 Å². The Kier molecular flexibility index (Phi) is 4.35. The Hall–Kier alpha value is -0.610. The highest BCUT2D eigenvalue weighted by atomic mass is 16.3. The number of nitrogens with two attached hydrogens (primary N) is 1. The molecule has 1 aliphatic carbocycles. The summed E-state index contributed by atoms with van der Waals surface area (Å²) in [4.78, 5) is 11.7. The normalized spacial score (nSPS) is 29.6. The Morgan fingerprint density at radius 3 is 2.79 bits per heavy atom. The van der Waals surface area contributed by atoms with Crippen LogP contribution in [0.5, 0.6) is 0 Å².